The van der Waals surface area contributed by atoms with Crippen LogP contribution in [0.5, 0.6) is 0 Å². The second kappa shape index (κ2) is 13.0. The van der Waals surface area contributed by atoms with E-state index in [1.807, 2.05) is 31.2 Å². The van der Waals surface area contributed by atoms with Crippen LogP contribution in [0.2, 0.25) is 0 Å². The third-order valence-corrected chi connectivity index (χ3v) is 1.96. The largest absolute Gasteiger partial charge is 0.295 e. The average molecular weight is 236 g/mol. The summed E-state index contributed by atoms with van der Waals surface area (Å²) in [6, 6.07) is 7.57. The number of rotatable bonds is 2. The average Bonchev–Trinajstić information content (AvgIpc) is 2.31. The summed E-state index contributed by atoms with van der Waals surface area (Å²) >= 11 is 0. The normalized spacial score (nSPS) is 8.35. The van der Waals surface area contributed by atoms with E-state index in [0.717, 1.165) is 5.56 Å². The number of benzene rings is 1. The quantitative estimate of drug-likeness (QED) is 0.626. The fourth-order valence-electron chi connectivity index (χ4n) is 0.788. The fraction of sp³-hybridized carbons (Fsp3) is 0.562. The highest BCUT2D eigenvalue weighted by Gasteiger charge is 1.95. The Morgan fingerprint density at radius 3 is 1.53 bits per heavy atom. The van der Waals surface area contributed by atoms with Crippen LogP contribution in [-0.4, -0.2) is 5.78 Å². The molecule has 1 aromatic carbocycles. The monoisotopic (exact) mass is 236 g/mol. The van der Waals surface area contributed by atoms with Crippen molar-refractivity contribution in [2.75, 3.05) is 0 Å². The number of unbranched alkanes of at least 4 members (excludes halogenated alkanes) is 1. The Balaban J connectivity index is 0. The third-order valence-electron chi connectivity index (χ3n) is 1.96. The van der Waals surface area contributed by atoms with Crippen LogP contribution in [0.1, 0.15) is 69.8 Å². The van der Waals surface area contributed by atoms with Crippen LogP contribution in [-0.2, 0) is 0 Å². The number of carbonyl (C=O) groups is 1. The van der Waals surface area contributed by atoms with Crippen molar-refractivity contribution < 1.29 is 4.79 Å². The second-order valence-corrected chi connectivity index (χ2v) is 4.13. The zero-order chi connectivity index (χ0) is 13.7. The van der Waals surface area contributed by atoms with Gasteiger partial charge in [0, 0.05) is 5.56 Å². The molecule has 0 spiro atoms. The summed E-state index contributed by atoms with van der Waals surface area (Å²) in [5.74, 6) is 0.125. The van der Waals surface area contributed by atoms with Gasteiger partial charge < -0.3 is 0 Å². The molecule has 0 heterocycles. The number of aryl methyl sites for hydroxylation is 1. The molecule has 0 fully saturated rings. The summed E-state index contributed by atoms with van der Waals surface area (Å²) < 4.78 is 0. The van der Waals surface area contributed by atoms with Gasteiger partial charge >= 0.3 is 0 Å². The summed E-state index contributed by atoms with van der Waals surface area (Å²) in [7, 11) is 0. The van der Waals surface area contributed by atoms with Gasteiger partial charge in [-0.05, 0) is 13.8 Å². The number of carbonyl (C=O) groups excluding carboxylic acids is 1. The van der Waals surface area contributed by atoms with Crippen molar-refractivity contribution in [2.24, 2.45) is 0 Å². The SMILES string of the molecule is CC(=O)c1ccc(C)cc1.CCC.CCCC. The molecule has 0 aliphatic heterocycles. The van der Waals surface area contributed by atoms with Gasteiger partial charge in [0.15, 0.2) is 5.78 Å². The molecular weight excluding hydrogens is 208 g/mol. The Labute approximate surface area is 107 Å². The van der Waals surface area contributed by atoms with Crippen LogP contribution in [0, 0.1) is 6.92 Å². The Hall–Kier alpha value is -1.11. The lowest BCUT2D eigenvalue weighted by molar-refractivity contribution is 0.101. The Bertz CT molecular complexity index is 270. The first-order chi connectivity index (χ1) is 8.03. The minimum absolute atomic E-state index is 0.125. The van der Waals surface area contributed by atoms with E-state index in [9.17, 15) is 4.79 Å². The maximum absolute atomic E-state index is 10.8. The van der Waals surface area contributed by atoms with Gasteiger partial charge in [0.2, 0.25) is 0 Å². The number of hydrogen-bond donors (Lipinski definition) is 0. The first-order valence-electron chi connectivity index (χ1n) is 6.60. The molecule has 0 aliphatic carbocycles. The van der Waals surface area contributed by atoms with Crippen LogP contribution in [0.25, 0.3) is 0 Å². The van der Waals surface area contributed by atoms with Crippen LogP contribution >= 0.6 is 0 Å². The van der Waals surface area contributed by atoms with E-state index in [1.54, 1.807) is 6.92 Å². The molecule has 0 bridgehead atoms. The smallest absolute Gasteiger partial charge is 0.159 e. The molecule has 1 rings (SSSR count). The summed E-state index contributed by atoms with van der Waals surface area (Å²) in [6.45, 7) is 12.2. The summed E-state index contributed by atoms with van der Waals surface area (Å²) in [5.41, 5.74) is 1.97. The number of ketones is 1. The van der Waals surface area contributed by atoms with E-state index in [-0.39, 0.29) is 5.78 Å². The van der Waals surface area contributed by atoms with Crippen LogP contribution in [0.15, 0.2) is 24.3 Å². The van der Waals surface area contributed by atoms with Crippen molar-refractivity contribution in [3.8, 4) is 0 Å². The van der Waals surface area contributed by atoms with Gasteiger partial charge in [0.05, 0.1) is 0 Å². The van der Waals surface area contributed by atoms with Crippen LogP contribution in [0.3, 0.4) is 0 Å². The Morgan fingerprint density at radius 1 is 0.941 bits per heavy atom. The molecule has 0 N–H and O–H groups in total. The minimum atomic E-state index is 0.125. The van der Waals surface area contributed by atoms with E-state index in [0.29, 0.717) is 0 Å². The van der Waals surface area contributed by atoms with Gasteiger partial charge in [0.1, 0.15) is 0 Å². The van der Waals surface area contributed by atoms with Crippen molar-refractivity contribution in [2.45, 2.75) is 60.8 Å². The van der Waals surface area contributed by atoms with E-state index in [4.69, 9.17) is 0 Å². The van der Waals surface area contributed by atoms with E-state index < -0.39 is 0 Å². The van der Waals surface area contributed by atoms with Crippen molar-refractivity contribution >= 4 is 5.78 Å². The molecule has 0 unspecified atom stereocenters. The molecule has 1 heteroatoms. The molecule has 0 radical (unpaired) electrons. The molecule has 0 amide bonds. The lowest BCUT2D eigenvalue weighted by Gasteiger charge is -1.93. The highest BCUT2D eigenvalue weighted by Crippen LogP contribution is 2.02. The first-order valence-corrected chi connectivity index (χ1v) is 6.60. The molecule has 0 saturated heterocycles. The topological polar surface area (TPSA) is 17.1 Å². The van der Waals surface area contributed by atoms with Crippen molar-refractivity contribution in [3.05, 3.63) is 35.4 Å². The van der Waals surface area contributed by atoms with Gasteiger partial charge in [-0.2, -0.15) is 0 Å². The highest BCUT2D eigenvalue weighted by molar-refractivity contribution is 5.93. The summed E-state index contributed by atoms with van der Waals surface area (Å²) in [4.78, 5) is 10.8. The van der Waals surface area contributed by atoms with E-state index in [1.165, 1.54) is 24.8 Å². The maximum atomic E-state index is 10.8. The lowest BCUT2D eigenvalue weighted by Crippen LogP contribution is -1.90. The van der Waals surface area contributed by atoms with Gasteiger partial charge in [-0.1, -0.05) is 76.8 Å². The molecule has 0 aromatic heterocycles. The molecule has 0 saturated carbocycles. The third kappa shape index (κ3) is 12.8. The van der Waals surface area contributed by atoms with Gasteiger partial charge in [-0.3, -0.25) is 4.79 Å². The highest BCUT2D eigenvalue weighted by atomic mass is 16.1. The van der Waals surface area contributed by atoms with Crippen LogP contribution in [0.4, 0.5) is 0 Å². The number of Topliss-reactive ketones (excluding diaryl/α,β-unsaturated/α-hetero) is 1. The van der Waals surface area contributed by atoms with Crippen molar-refractivity contribution in [1.82, 2.24) is 0 Å². The van der Waals surface area contributed by atoms with Gasteiger partial charge in [-0.25, -0.2) is 0 Å². The molecule has 98 valence electrons. The van der Waals surface area contributed by atoms with Crippen LogP contribution < -0.4 is 0 Å². The van der Waals surface area contributed by atoms with Crippen molar-refractivity contribution in [3.63, 3.8) is 0 Å². The van der Waals surface area contributed by atoms with Gasteiger partial charge in [0.25, 0.3) is 0 Å². The zero-order valence-electron chi connectivity index (χ0n) is 12.3. The number of hydrogen-bond acceptors (Lipinski definition) is 1. The zero-order valence-corrected chi connectivity index (χ0v) is 12.3. The molecule has 1 aromatic rings. The molecule has 0 atom stereocenters. The summed E-state index contributed by atoms with van der Waals surface area (Å²) in [6.07, 6.45) is 3.89. The van der Waals surface area contributed by atoms with Crippen molar-refractivity contribution in [1.29, 1.82) is 0 Å². The van der Waals surface area contributed by atoms with E-state index >= 15 is 0 Å². The van der Waals surface area contributed by atoms with E-state index in [2.05, 4.69) is 27.7 Å². The molecule has 1 nitrogen and oxygen atoms in total. The molecular formula is C16H28O. The predicted molar refractivity (Wildman–Crippen MR) is 77.7 cm³/mol. The predicted octanol–water partition coefficient (Wildman–Crippen LogP) is 5.42. The van der Waals surface area contributed by atoms with Gasteiger partial charge in [-0.15, -0.1) is 0 Å². The Kier molecular flexibility index (Phi) is 13.9. The molecule has 0 aliphatic rings. The first kappa shape index (κ1) is 18.3. The Morgan fingerprint density at radius 2 is 1.29 bits per heavy atom. The standard InChI is InChI=1S/C9H10O.C4H10.C3H8/c1-7-3-5-9(6-4-7)8(2)10;1-3-4-2;1-3-2/h3-6H,1-2H3;3-4H2,1-2H3;3H2,1-2H3. The fourth-order valence-corrected chi connectivity index (χ4v) is 0.788. The maximum Gasteiger partial charge on any atom is 0.159 e. The molecule has 17 heavy (non-hydrogen) atoms. The lowest BCUT2D eigenvalue weighted by atomic mass is 10.1. The second-order valence-electron chi connectivity index (χ2n) is 4.13. The summed E-state index contributed by atoms with van der Waals surface area (Å²) in [5, 5.41) is 0. The minimum Gasteiger partial charge on any atom is -0.295 e.